The van der Waals surface area contributed by atoms with Gasteiger partial charge in [-0.3, -0.25) is 5.41 Å². The number of nitrogens with zero attached hydrogens (tertiary/aromatic N) is 2. The first-order chi connectivity index (χ1) is 8.58. The highest BCUT2D eigenvalue weighted by Crippen LogP contribution is 2.22. The summed E-state index contributed by atoms with van der Waals surface area (Å²) in [5, 5.41) is 7.45. The maximum atomic E-state index is 7.45. The summed E-state index contributed by atoms with van der Waals surface area (Å²) in [4.78, 5) is 6.33. The molecule has 0 spiro atoms. The number of anilines is 2. The third-order valence-corrected chi connectivity index (χ3v) is 2.78. The molecule has 18 heavy (non-hydrogen) atoms. The van der Waals surface area contributed by atoms with Crippen LogP contribution in [0.25, 0.3) is 0 Å². The first kappa shape index (κ1) is 12.1. The van der Waals surface area contributed by atoms with Crippen LogP contribution in [0.2, 0.25) is 0 Å². The molecule has 0 atom stereocenters. The van der Waals surface area contributed by atoms with Crippen LogP contribution in [0.5, 0.6) is 0 Å². The minimum Gasteiger partial charge on any atom is -0.384 e. The Morgan fingerprint density at radius 2 is 2.06 bits per heavy atom. The molecule has 92 valence electrons. The van der Waals surface area contributed by atoms with E-state index >= 15 is 0 Å². The van der Waals surface area contributed by atoms with Crippen LogP contribution in [0.4, 0.5) is 11.5 Å². The number of aromatic nitrogens is 1. The summed E-state index contributed by atoms with van der Waals surface area (Å²) in [6.07, 6.45) is 1.83. The molecule has 1 aromatic carbocycles. The van der Waals surface area contributed by atoms with Crippen molar-refractivity contribution in [2.75, 3.05) is 11.9 Å². The summed E-state index contributed by atoms with van der Waals surface area (Å²) in [7, 11) is 1.94. The second-order valence-electron chi connectivity index (χ2n) is 4.22. The molecular weight excluding hydrogens is 224 g/mol. The molecule has 4 nitrogen and oxygen atoms in total. The van der Waals surface area contributed by atoms with Crippen LogP contribution < -0.4 is 10.6 Å². The van der Waals surface area contributed by atoms with E-state index < -0.39 is 0 Å². The molecule has 0 aliphatic carbocycles. The van der Waals surface area contributed by atoms with Crippen molar-refractivity contribution in [3.63, 3.8) is 0 Å². The van der Waals surface area contributed by atoms with E-state index in [0.717, 1.165) is 17.1 Å². The van der Waals surface area contributed by atoms with Crippen molar-refractivity contribution in [1.82, 2.24) is 4.98 Å². The van der Waals surface area contributed by atoms with Gasteiger partial charge in [0.1, 0.15) is 11.7 Å². The highest BCUT2D eigenvalue weighted by molar-refractivity contribution is 5.96. The fraction of sp³-hybridized carbons (Fsp3) is 0.143. The van der Waals surface area contributed by atoms with E-state index in [4.69, 9.17) is 11.1 Å². The molecule has 0 saturated heterocycles. The second-order valence-corrected chi connectivity index (χ2v) is 4.22. The van der Waals surface area contributed by atoms with Crippen LogP contribution in [0.3, 0.4) is 0 Å². The number of nitrogen functional groups attached to an aromatic ring is 1. The lowest BCUT2D eigenvalue weighted by atomic mass is 10.1. The van der Waals surface area contributed by atoms with Gasteiger partial charge >= 0.3 is 0 Å². The van der Waals surface area contributed by atoms with E-state index in [1.165, 1.54) is 0 Å². The maximum Gasteiger partial charge on any atom is 0.132 e. The zero-order valence-corrected chi connectivity index (χ0v) is 10.5. The van der Waals surface area contributed by atoms with Crippen LogP contribution in [0.15, 0.2) is 42.6 Å². The molecule has 0 aliphatic rings. The fourth-order valence-corrected chi connectivity index (χ4v) is 1.67. The molecular formula is C14H16N4. The summed E-state index contributed by atoms with van der Waals surface area (Å²) in [5.41, 5.74) is 8.29. The van der Waals surface area contributed by atoms with Gasteiger partial charge in [-0.15, -0.1) is 0 Å². The summed E-state index contributed by atoms with van der Waals surface area (Å²) < 4.78 is 0. The monoisotopic (exact) mass is 240 g/mol. The molecule has 0 amide bonds. The third kappa shape index (κ3) is 2.48. The highest BCUT2D eigenvalue weighted by atomic mass is 15.2. The van der Waals surface area contributed by atoms with E-state index in [-0.39, 0.29) is 5.84 Å². The van der Waals surface area contributed by atoms with Crippen LogP contribution in [0, 0.1) is 12.3 Å². The zero-order chi connectivity index (χ0) is 13.1. The predicted octanol–water partition coefficient (Wildman–Crippen LogP) is 2.44. The molecule has 1 heterocycles. The van der Waals surface area contributed by atoms with Crippen molar-refractivity contribution in [1.29, 1.82) is 5.41 Å². The highest BCUT2D eigenvalue weighted by Gasteiger charge is 2.06. The Labute approximate surface area is 107 Å². The van der Waals surface area contributed by atoms with Gasteiger partial charge in [0.2, 0.25) is 0 Å². The van der Waals surface area contributed by atoms with Crippen LogP contribution in [-0.4, -0.2) is 17.9 Å². The van der Waals surface area contributed by atoms with Crippen molar-refractivity contribution in [3.8, 4) is 0 Å². The molecule has 0 bridgehead atoms. The van der Waals surface area contributed by atoms with E-state index in [0.29, 0.717) is 5.56 Å². The number of nitrogens with two attached hydrogens (primary N) is 1. The van der Waals surface area contributed by atoms with Crippen molar-refractivity contribution in [3.05, 3.63) is 53.7 Å². The standard InChI is InChI=1S/C14H16N4/c1-10-6-7-13(17-9-10)18(2)12-5-3-4-11(8-12)14(15)16/h3-9H,1-2H3,(H3,15,16). The molecule has 0 fully saturated rings. The molecule has 0 saturated carbocycles. The van der Waals surface area contributed by atoms with Gasteiger partial charge in [0.15, 0.2) is 0 Å². The molecule has 2 aromatic rings. The van der Waals surface area contributed by atoms with Gasteiger partial charge in [0, 0.05) is 24.5 Å². The summed E-state index contributed by atoms with van der Waals surface area (Å²) in [5.74, 6) is 0.934. The fourth-order valence-electron chi connectivity index (χ4n) is 1.67. The normalized spacial score (nSPS) is 10.1. The van der Waals surface area contributed by atoms with Crippen molar-refractivity contribution in [2.24, 2.45) is 5.73 Å². The molecule has 3 N–H and O–H groups in total. The number of pyridine rings is 1. The first-order valence-corrected chi connectivity index (χ1v) is 5.69. The minimum atomic E-state index is 0.0714. The Morgan fingerprint density at radius 1 is 1.28 bits per heavy atom. The number of hydrogen-bond acceptors (Lipinski definition) is 3. The summed E-state index contributed by atoms with van der Waals surface area (Å²) in [6.45, 7) is 2.01. The number of rotatable bonds is 3. The van der Waals surface area contributed by atoms with Crippen molar-refractivity contribution >= 4 is 17.3 Å². The number of aryl methyl sites for hydroxylation is 1. The zero-order valence-electron chi connectivity index (χ0n) is 10.5. The van der Waals surface area contributed by atoms with Gasteiger partial charge in [-0.25, -0.2) is 4.98 Å². The maximum absolute atomic E-state index is 7.45. The van der Waals surface area contributed by atoms with Gasteiger partial charge in [-0.05, 0) is 30.7 Å². The number of nitrogens with one attached hydrogen (secondary N) is 1. The number of amidine groups is 1. The average molecular weight is 240 g/mol. The smallest absolute Gasteiger partial charge is 0.132 e. The molecule has 2 rings (SSSR count). The Hall–Kier alpha value is -2.36. The quantitative estimate of drug-likeness (QED) is 0.639. The van der Waals surface area contributed by atoms with E-state index in [1.807, 2.05) is 61.5 Å². The Bertz CT molecular complexity index is 560. The van der Waals surface area contributed by atoms with Crippen LogP contribution in [-0.2, 0) is 0 Å². The Balaban J connectivity index is 2.33. The lowest BCUT2D eigenvalue weighted by Gasteiger charge is -2.19. The molecule has 0 aliphatic heterocycles. The number of benzene rings is 1. The van der Waals surface area contributed by atoms with Crippen LogP contribution >= 0.6 is 0 Å². The largest absolute Gasteiger partial charge is 0.384 e. The number of hydrogen-bond donors (Lipinski definition) is 2. The van der Waals surface area contributed by atoms with Gasteiger partial charge in [-0.1, -0.05) is 18.2 Å². The predicted molar refractivity (Wildman–Crippen MR) is 74.5 cm³/mol. The lowest BCUT2D eigenvalue weighted by Crippen LogP contribution is -2.14. The van der Waals surface area contributed by atoms with Gasteiger partial charge in [-0.2, -0.15) is 0 Å². The van der Waals surface area contributed by atoms with E-state index in [9.17, 15) is 0 Å². The van der Waals surface area contributed by atoms with Crippen molar-refractivity contribution in [2.45, 2.75) is 6.92 Å². The Morgan fingerprint density at radius 3 is 2.67 bits per heavy atom. The second kappa shape index (κ2) is 4.87. The summed E-state index contributed by atoms with van der Waals surface area (Å²) in [6, 6.07) is 11.5. The van der Waals surface area contributed by atoms with Crippen molar-refractivity contribution < 1.29 is 0 Å². The van der Waals surface area contributed by atoms with Crippen LogP contribution in [0.1, 0.15) is 11.1 Å². The minimum absolute atomic E-state index is 0.0714. The average Bonchev–Trinajstić information content (AvgIpc) is 2.39. The molecule has 0 radical (unpaired) electrons. The molecule has 1 aromatic heterocycles. The Kier molecular flexibility index (Phi) is 3.28. The molecule has 0 unspecified atom stereocenters. The lowest BCUT2D eigenvalue weighted by molar-refractivity contribution is 1.11. The van der Waals surface area contributed by atoms with Gasteiger partial charge in [0.25, 0.3) is 0 Å². The summed E-state index contributed by atoms with van der Waals surface area (Å²) >= 11 is 0. The van der Waals surface area contributed by atoms with E-state index in [1.54, 1.807) is 0 Å². The third-order valence-electron chi connectivity index (χ3n) is 2.78. The van der Waals surface area contributed by atoms with Gasteiger partial charge in [0.05, 0.1) is 0 Å². The van der Waals surface area contributed by atoms with Gasteiger partial charge < -0.3 is 10.6 Å². The SMILES string of the molecule is Cc1ccc(N(C)c2cccc(C(=N)N)c2)nc1. The topological polar surface area (TPSA) is 66.0 Å². The van der Waals surface area contributed by atoms with E-state index in [2.05, 4.69) is 4.98 Å². The molecule has 4 heteroatoms. The first-order valence-electron chi connectivity index (χ1n) is 5.69.